The first-order valence-electron chi connectivity index (χ1n) is 5.34. The molecule has 0 aromatic heterocycles. The van der Waals surface area contributed by atoms with E-state index >= 15 is 0 Å². The molecule has 0 radical (unpaired) electrons. The van der Waals surface area contributed by atoms with Gasteiger partial charge < -0.3 is 10.1 Å². The van der Waals surface area contributed by atoms with Gasteiger partial charge in [-0.1, -0.05) is 0 Å². The monoisotopic (exact) mass is 213 g/mol. The quantitative estimate of drug-likeness (QED) is 0.659. The molecule has 0 bridgehead atoms. The summed E-state index contributed by atoms with van der Waals surface area (Å²) in [4.78, 5) is 11.4. The molecule has 2 N–H and O–H groups in total. The van der Waals surface area contributed by atoms with Crippen molar-refractivity contribution in [2.75, 3.05) is 26.2 Å². The van der Waals surface area contributed by atoms with Crippen LogP contribution in [-0.2, 0) is 4.74 Å². The Bertz CT molecular complexity index is 260. The fourth-order valence-electron chi connectivity index (χ4n) is 1.97. The molecule has 0 saturated carbocycles. The SMILES string of the molecule is CC(C)(C)OC(=O)NN1CC2(CNC2)C1. The zero-order valence-corrected chi connectivity index (χ0v) is 9.59. The Morgan fingerprint density at radius 3 is 2.40 bits per heavy atom. The van der Waals surface area contributed by atoms with Crippen molar-refractivity contribution in [2.45, 2.75) is 26.4 Å². The highest BCUT2D eigenvalue weighted by Gasteiger charge is 2.48. The van der Waals surface area contributed by atoms with Crippen LogP contribution < -0.4 is 10.7 Å². The Kier molecular flexibility index (Phi) is 2.39. The van der Waals surface area contributed by atoms with Gasteiger partial charge in [-0.15, -0.1) is 0 Å². The first-order valence-corrected chi connectivity index (χ1v) is 5.34. The lowest BCUT2D eigenvalue weighted by molar-refractivity contribution is -0.0738. The molecule has 2 aliphatic rings. The van der Waals surface area contributed by atoms with Crippen molar-refractivity contribution in [3.63, 3.8) is 0 Å². The number of carbonyl (C=O) groups excluding carboxylic acids is 1. The van der Waals surface area contributed by atoms with Gasteiger partial charge in [0.15, 0.2) is 0 Å². The molecule has 5 nitrogen and oxygen atoms in total. The minimum atomic E-state index is -0.426. The van der Waals surface area contributed by atoms with Gasteiger partial charge in [0.1, 0.15) is 5.60 Å². The summed E-state index contributed by atoms with van der Waals surface area (Å²) in [5.74, 6) is 0. The smallest absolute Gasteiger partial charge is 0.422 e. The second-order valence-corrected chi connectivity index (χ2v) is 5.57. The first kappa shape index (κ1) is 10.7. The molecule has 2 aliphatic heterocycles. The number of carbonyl (C=O) groups is 1. The highest BCUT2D eigenvalue weighted by Crippen LogP contribution is 2.32. The number of hydrazine groups is 1. The van der Waals surface area contributed by atoms with Crippen LogP contribution in [0.5, 0.6) is 0 Å². The van der Waals surface area contributed by atoms with E-state index in [0.29, 0.717) is 5.41 Å². The predicted octanol–water partition coefficient (Wildman–Crippen LogP) is 0.331. The number of nitrogens with one attached hydrogen (secondary N) is 2. The van der Waals surface area contributed by atoms with Gasteiger partial charge in [0.05, 0.1) is 0 Å². The fourth-order valence-corrected chi connectivity index (χ4v) is 1.97. The molecular weight excluding hydrogens is 194 g/mol. The van der Waals surface area contributed by atoms with Crippen LogP contribution in [0.25, 0.3) is 0 Å². The Balaban J connectivity index is 1.68. The summed E-state index contributed by atoms with van der Waals surface area (Å²) in [7, 11) is 0. The highest BCUT2D eigenvalue weighted by molar-refractivity contribution is 5.67. The van der Waals surface area contributed by atoms with E-state index in [1.807, 2.05) is 25.8 Å². The van der Waals surface area contributed by atoms with Crippen molar-refractivity contribution >= 4 is 6.09 Å². The predicted molar refractivity (Wildman–Crippen MR) is 56.2 cm³/mol. The standard InChI is InChI=1S/C10H19N3O2/c1-9(2,3)15-8(14)12-13-6-10(7-13)4-11-5-10/h11H,4-7H2,1-3H3,(H,12,14). The van der Waals surface area contributed by atoms with Crippen LogP contribution >= 0.6 is 0 Å². The molecule has 15 heavy (non-hydrogen) atoms. The molecule has 0 unspecified atom stereocenters. The van der Waals surface area contributed by atoms with Gasteiger partial charge >= 0.3 is 6.09 Å². The minimum Gasteiger partial charge on any atom is -0.443 e. The Labute approximate surface area is 90.1 Å². The van der Waals surface area contributed by atoms with Crippen LogP contribution in [-0.4, -0.2) is 42.9 Å². The molecule has 2 rings (SSSR count). The topological polar surface area (TPSA) is 53.6 Å². The van der Waals surface area contributed by atoms with Crippen molar-refractivity contribution in [2.24, 2.45) is 5.41 Å². The average molecular weight is 213 g/mol. The molecule has 86 valence electrons. The number of hydrogen-bond donors (Lipinski definition) is 2. The summed E-state index contributed by atoms with van der Waals surface area (Å²) in [6.07, 6.45) is -0.357. The molecule has 1 spiro atoms. The van der Waals surface area contributed by atoms with E-state index in [1.54, 1.807) is 0 Å². The van der Waals surface area contributed by atoms with E-state index in [1.165, 1.54) is 0 Å². The summed E-state index contributed by atoms with van der Waals surface area (Å²) in [5.41, 5.74) is 2.74. The third-order valence-corrected chi connectivity index (χ3v) is 2.70. The van der Waals surface area contributed by atoms with Crippen LogP contribution in [0.3, 0.4) is 0 Å². The van der Waals surface area contributed by atoms with E-state index in [0.717, 1.165) is 26.2 Å². The maximum absolute atomic E-state index is 11.4. The molecule has 2 fully saturated rings. The lowest BCUT2D eigenvalue weighted by Gasteiger charge is -2.55. The van der Waals surface area contributed by atoms with Gasteiger partial charge in [0.2, 0.25) is 0 Å². The third kappa shape index (κ3) is 2.41. The molecule has 2 heterocycles. The summed E-state index contributed by atoms with van der Waals surface area (Å²) in [5, 5.41) is 5.16. The zero-order chi connectivity index (χ0) is 11.1. The second-order valence-electron chi connectivity index (χ2n) is 5.57. The van der Waals surface area contributed by atoms with Crippen molar-refractivity contribution in [3.8, 4) is 0 Å². The zero-order valence-electron chi connectivity index (χ0n) is 9.59. The van der Waals surface area contributed by atoms with Gasteiger partial charge in [0.25, 0.3) is 0 Å². The molecule has 2 saturated heterocycles. The van der Waals surface area contributed by atoms with Crippen LogP contribution in [0.1, 0.15) is 20.8 Å². The van der Waals surface area contributed by atoms with Gasteiger partial charge in [0, 0.05) is 31.6 Å². The van der Waals surface area contributed by atoms with Crippen LogP contribution in [0.15, 0.2) is 0 Å². The van der Waals surface area contributed by atoms with Gasteiger partial charge in [-0.05, 0) is 20.8 Å². The van der Waals surface area contributed by atoms with Crippen molar-refractivity contribution in [1.82, 2.24) is 15.8 Å². The average Bonchev–Trinajstić information content (AvgIpc) is 1.87. The van der Waals surface area contributed by atoms with E-state index in [-0.39, 0.29) is 6.09 Å². The largest absolute Gasteiger partial charge is 0.443 e. The fraction of sp³-hybridized carbons (Fsp3) is 0.900. The van der Waals surface area contributed by atoms with Gasteiger partial charge in [-0.2, -0.15) is 0 Å². The highest BCUT2D eigenvalue weighted by atomic mass is 16.6. The molecular formula is C10H19N3O2. The number of nitrogens with zero attached hydrogens (tertiary/aromatic N) is 1. The maximum Gasteiger partial charge on any atom is 0.422 e. The summed E-state index contributed by atoms with van der Waals surface area (Å²) < 4.78 is 5.16. The molecule has 5 heteroatoms. The lowest BCUT2D eigenvalue weighted by Crippen LogP contribution is -2.74. The summed E-state index contributed by atoms with van der Waals surface area (Å²) >= 11 is 0. The van der Waals surface area contributed by atoms with Crippen LogP contribution in [0.4, 0.5) is 4.79 Å². The van der Waals surface area contributed by atoms with Crippen molar-refractivity contribution in [1.29, 1.82) is 0 Å². The van der Waals surface area contributed by atoms with E-state index in [4.69, 9.17) is 4.74 Å². The minimum absolute atomic E-state index is 0.357. The normalized spacial score (nSPS) is 24.2. The molecule has 0 aromatic rings. The second kappa shape index (κ2) is 3.35. The van der Waals surface area contributed by atoms with E-state index in [9.17, 15) is 4.79 Å². The molecule has 1 amide bonds. The molecule has 0 aliphatic carbocycles. The Morgan fingerprint density at radius 1 is 1.40 bits per heavy atom. The first-order chi connectivity index (χ1) is 6.89. The van der Waals surface area contributed by atoms with Crippen molar-refractivity contribution < 1.29 is 9.53 Å². The summed E-state index contributed by atoms with van der Waals surface area (Å²) in [6.45, 7) is 9.58. The number of ether oxygens (including phenoxy) is 1. The Hall–Kier alpha value is -0.810. The van der Waals surface area contributed by atoms with E-state index < -0.39 is 5.60 Å². The maximum atomic E-state index is 11.4. The number of amides is 1. The van der Waals surface area contributed by atoms with Gasteiger partial charge in [-0.25, -0.2) is 9.80 Å². The number of rotatable bonds is 1. The van der Waals surface area contributed by atoms with E-state index in [2.05, 4.69) is 10.7 Å². The van der Waals surface area contributed by atoms with Crippen LogP contribution in [0, 0.1) is 5.41 Å². The molecule has 0 aromatic carbocycles. The Morgan fingerprint density at radius 2 is 2.00 bits per heavy atom. The lowest BCUT2D eigenvalue weighted by atomic mass is 9.75. The third-order valence-electron chi connectivity index (χ3n) is 2.70. The van der Waals surface area contributed by atoms with Crippen LogP contribution in [0.2, 0.25) is 0 Å². The molecule has 0 atom stereocenters. The number of hydrogen-bond acceptors (Lipinski definition) is 4. The summed E-state index contributed by atoms with van der Waals surface area (Å²) in [6, 6.07) is 0. The van der Waals surface area contributed by atoms with Gasteiger partial charge in [-0.3, -0.25) is 5.43 Å². The van der Waals surface area contributed by atoms with Crippen molar-refractivity contribution in [3.05, 3.63) is 0 Å².